The van der Waals surface area contributed by atoms with Crippen molar-refractivity contribution in [2.75, 3.05) is 19.7 Å². The Kier molecular flexibility index (Phi) is 4.06. The maximum Gasteiger partial charge on any atom is 0.132 e. The molecule has 1 aromatic heterocycles. The lowest BCUT2D eigenvalue weighted by atomic mass is 9.99. The molecule has 2 aromatic rings. The van der Waals surface area contributed by atoms with E-state index in [2.05, 4.69) is 26.2 Å². The zero-order valence-electron chi connectivity index (χ0n) is 12.8. The van der Waals surface area contributed by atoms with Crippen LogP contribution in [0.25, 0.3) is 6.08 Å². The number of ether oxygens (including phenoxy) is 1. The Morgan fingerprint density at radius 3 is 3.30 bits per heavy atom. The first-order valence-electron chi connectivity index (χ1n) is 7.97. The number of aryl methyl sites for hydroxylation is 1. The summed E-state index contributed by atoms with van der Waals surface area (Å²) in [6.07, 6.45) is 6.19. The van der Waals surface area contributed by atoms with E-state index in [1.807, 2.05) is 24.5 Å². The van der Waals surface area contributed by atoms with E-state index in [4.69, 9.17) is 16.3 Å². The highest BCUT2D eigenvalue weighted by atomic mass is 35.5. The fourth-order valence-corrected chi connectivity index (χ4v) is 3.41. The van der Waals surface area contributed by atoms with E-state index in [1.165, 1.54) is 12.0 Å². The molecule has 1 aromatic carbocycles. The van der Waals surface area contributed by atoms with E-state index in [-0.39, 0.29) is 0 Å². The van der Waals surface area contributed by atoms with Crippen molar-refractivity contribution in [1.29, 1.82) is 0 Å². The third-order valence-corrected chi connectivity index (χ3v) is 4.69. The fourth-order valence-electron chi connectivity index (χ4n) is 3.23. The van der Waals surface area contributed by atoms with Gasteiger partial charge in [-0.05, 0) is 48.7 Å². The lowest BCUT2D eigenvalue weighted by molar-refractivity contribution is 0.332. The number of benzene rings is 1. The molecule has 1 N–H and O–H groups in total. The summed E-state index contributed by atoms with van der Waals surface area (Å²) in [6.45, 7) is 3.49. The van der Waals surface area contributed by atoms with Gasteiger partial charge in [-0.25, -0.2) is 0 Å². The molecular weight excluding hydrogens is 312 g/mol. The summed E-state index contributed by atoms with van der Waals surface area (Å²) >= 11 is 6.05. The van der Waals surface area contributed by atoms with E-state index in [0.717, 1.165) is 48.2 Å². The SMILES string of the molecule is Clc1ccc2c(c1)C=C(CNCC1CCc3nncn3C1)CO2. The van der Waals surface area contributed by atoms with Crippen LogP contribution in [0.15, 0.2) is 30.1 Å². The number of aromatic nitrogens is 3. The number of hydrogen-bond acceptors (Lipinski definition) is 4. The standard InChI is InChI=1S/C17H19ClN4O/c18-15-2-3-16-14(6-15)5-13(10-23-16)8-19-7-12-1-4-17-21-20-11-22(17)9-12/h2-3,5-6,11-12,19H,1,4,7-10H2. The monoisotopic (exact) mass is 330 g/mol. The first-order valence-corrected chi connectivity index (χ1v) is 8.35. The van der Waals surface area contributed by atoms with Crippen LogP contribution in [-0.2, 0) is 13.0 Å². The van der Waals surface area contributed by atoms with Crippen molar-refractivity contribution in [1.82, 2.24) is 20.1 Å². The Labute approximate surface area is 140 Å². The number of rotatable bonds is 4. The van der Waals surface area contributed by atoms with Gasteiger partial charge in [0.05, 0.1) is 0 Å². The van der Waals surface area contributed by atoms with Crippen LogP contribution < -0.4 is 10.1 Å². The summed E-state index contributed by atoms with van der Waals surface area (Å²) in [6, 6.07) is 5.74. The van der Waals surface area contributed by atoms with Gasteiger partial charge in [-0.15, -0.1) is 10.2 Å². The molecule has 2 aliphatic rings. The van der Waals surface area contributed by atoms with Crippen LogP contribution in [0.4, 0.5) is 0 Å². The van der Waals surface area contributed by atoms with Crippen molar-refractivity contribution in [3.63, 3.8) is 0 Å². The van der Waals surface area contributed by atoms with Crippen molar-refractivity contribution in [2.45, 2.75) is 19.4 Å². The lowest BCUT2D eigenvalue weighted by Crippen LogP contribution is -2.32. The molecule has 0 saturated heterocycles. The predicted octanol–water partition coefficient (Wildman–Crippen LogP) is 2.56. The Bertz CT molecular complexity index is 740. The summed E-state index contributed by atoms with van der Waals surface area (Å²) in [5.74, 6) is 2.65. The highest BCUT2D eigenvalue weighted by molar-refractivity contribution is 6.30. The smallest absolute Gasteiger partial charge is 0.132 e. The molecule has 23 heavy (non-hydrogen) atoms. The highest BCUT2D eigenvalue weighted by Crippen LogP contribution is 2.28. The fraction of sp³-hybridized carbons (Fsp3) is 0.412. The Morgan fingerprint density at radius 1 is 1.39 bits per heavy atom. The highest BCUT2D eigenvalue weighted by Gasteiger charge is 2.19. The summed E-state index contributed by atoms with van der Waals surface area (Å²) in [4.78, 5) is 0. The van der Waals surface area contributed by atoms with Crippen LogP contribution in [0.1, 0.15) is 17.8 Å². The number of hydrogen-bond donors (Lipinski definition) is 1. The van der Waals surface area contributed by atoms with E-state index >= 15 is 0 Å². The predicted molar refractivity (Wildman–Crippen MR) is 89.6 cm³/mol. The second-order valence-electron chi connectivity index (χ2n) is 6.21. The van der Waals surface area contributed by atoms with Crippen molar-refractivity contribution in [2.24, 2.45) is 5.92 Å². The topological polar surface area (TPSA) is 52.0 Å². The maximum absolute atomic E-state index is 6.05. The zero-order chi connectivity index (χ0) is 15.6. The second kappa shape index (κ2) is 6.34. The number of halogens is 1. The van der Waals surface area contributed by atoms with Crippen molar-refractivity contribution < 1.29 is 4.74 Å². The maximum atomic E-state index is 6.05. The number of fused-ring (bicyclic) bond motifs is 2. The van der Waals surface area contributed by atoms with E-state index < -0.39 is 0 Å². The summed E-state index contributed by atoms with van der Waals surface area (Å²) in [5, 5.41) is 12.4. The largest absolute Gasteiger partial charge is 0.489 e. The van der Waals surface area contributed by atoms with Gasteiger partial charge in [0, 0.05) is 30.1 Å². The van der Waals surface area contributed by atoms with E-state index in [9.17, 15) is 0 Å². The molecule has 3 heterocycles. The first-order chi connectivity index (χ1) is 11.3. The molecule has 0 spiro atoms. The van der Waals surface area contributed by atoms with Crippen molar-refractivity contribution in [3.05, 3.63) is 46.5 Å². The molecule has 0 bridgehead atoms. The van der Waals surface area contributed by atoms with Crippen molar-refractivity contribution in [3.8, 4) is 5.75 Å². The quantitative estimate of drug-likeness (QED) is 0.936. The van der Waals surface area contributed by atoms with Crippen LogP contribution >= 0.6 is 11.6 Å². The molecule has 0 amide bonds. The third-order valence-electron chi connectivity index (χ3n) is 4.46. The minimum absolute atomic E-state index is 0.630. The van der Waals surface area contributed by atoms with Crippen LogP contribution in [0.3, 0.4) is 0 Å². The first kappa shape index (κ1) is 14.7. The molecule has 0 aliphatic carbocycles. The molecule has 0 fully saturated rings. The van der Waals surface area contributed by atoms with Gasteiger partial charge in [0.1, 0.15) is 24.5 Å². The molecular formula is C17H19ClN4O. The van der Waals surface area contributed by atoms with Gasteiger partial charge in [-0.3, -0.25) is 0 Å². The summed E-state index contributed by atoms with van der Waals surface area (Å²) in [5.41, 5.74) is 2.31. The lowest BCUT2D eigenvalue weighted by Gasteiger charge is -2.24. The second-order valence-corrected chi connectivity index (χ2v) is 6.64. The molecule has 4 rings (SSSR count). The van der Waals surface area contributed by atoms with Gasteiger partial charge in [0.25, 0.3) is 0 Å². The van der Waals surface area contributed by atoms with Crippen LogP contribution in [0.5, 0.6) is 5.75 Å². The van der Waals surface area contributed by atoms with Gasteiger partial charge < -0.3 is 14.6 Å². The van der Waals surface area contributed by atoms with Gasteiger partial charge in [0.2, 0.25) is 0 Å². The minimum Gasteiger partial charge on any atom is -0.489 e. The Hall–Kier alpha value is -1.85. The normalized spacial score (nSPS) is 19.5. The Morgan fingerprint density at radius 2 is 2.35 bits per heavy atom. The van der Waals surface area contributed by atoms with Crippen LogP contribution in [0.2, 0.25) is 5.02 Å². The van der Waals surface area contributed by atoms with Gasteiger partial charge >= 0.3 is 0 Å². The number of nitrogens with one attached hydrogen (secondary N) is 1. The molecule has 1 atom stereocenters. The Balaban J connectivity index is 1.32. The average molecular weight is 331 g/mol. The van der Waals surface area contributed by atoms with E-state index in [0.29, 0.717) is 12.5 Å². The molecule has 6 heteroatoms. The molecule has 5 nitrogen and oxygen atoms in total. The summed E-state index contributed by atoms with van der Waals surface area (Å²) in [7, 11) is 0. The van der Waals surface area contributed by atoms with Crippen LogP contribution in [-0.4, -0.2) is 34.5 Å². The molecule has 120 valence electrons. The molecule has 0 saturated carbocycles. The van der Waals surface area contributed by atoms with Crippen molar-refractivity contribution >= 4 is 17.7 Å². The van der Waals surface area contributed by atoms with Gasteiger partial charge in [-0.1, -0.05) is 11.6 Å². The number of nitrogens with zero attached hydrogens (tertiary/aromatic N) is 3. The zero-order valence-corrected chi connectivity index (χ0v) is 13.6. The van der Waals surface area contributed by atoms with Crippen LogP contribution in [0, 0.1) is 5.92 Å². The molecule has 2 aliphatic heterocycles. The van der Waals surface area contributed by atoms with E-state index in [1.54, 1.807) is 0 Å². The average Bonchev–Trinajstić information content (AvgIpc) is 3.02. The van der Waals surface area contributed by atoms with Gasteiger partial charge in [-0.2, -0.15) is 0 Å². The minimum atomic E-state index is 0.630. The molecule has 0 radical (unpaired) electrons. The molecule has 1 unspecified atom stereocenters. The third kappa shape index (κ3) is 3.26. The summed E-state index contributed by atoms with van der Waals surface area (Å²) < 4.78 is 7.95. The van der Waals surface area contributed by atoms with Gasteiger partial charge in [0.15, 0.2) is 0 Å².